The molecule has 1 unspecified atom stereocenters. The molecule has 3 rings (SSSR count). The van der Waals surface area contributed by atoms with E-state index in [1.807, 2.05) is 31.2 Å². The van der Waals surface area contributed by atoms with Gasteiger partial charge < -0.3 is 9.15 Å². The van der Waals surface area contributed by atoms with Crippen LogP contribution in [0.3, 0.4) is 0 Å². The molecule has 1 aromatic heterocycles. The summed E-state index contributed by atoms with van der Waals surface area (Å²) in [5.74, 6) is 0.942. The van der Waals surface area contributed by atoms with Gasteiger partial charge >= 0.3 is 0 Å². The van der Waals surface area contributed by atoms with Crippen LogP contribution in [0.5, 0.6) is 5.75 Å². The molecule has 4 nitrogen and oxygen atoms in total. The van der Waals surface area contributed by atoms with E-state index in [0.29, 0.717) is 12.4 Å². The number of nitrogens with zero attached hydrogens (tertiary/aromatic N) is 1. The van der Waals surface area contributed by atoms with Gasteiger partial charge in [-0.3, -0.25) is 9.69 Å². The van der Waals surface area contributed by atoms with Crippen molar-refractivity contribution in [3.8, 4) is 5.75 Å². The Kier molecular flexibility index (Phi) is 2.55. The second-order valence-electron chi connectivity index (χ2n) is 4.28. The van der Waals surface area contributed by atoms with Crippen LogP contribution in [-0.2, 0) is 0 Å². The molecule has 0 radical (unpaired) electrons. The monoisotopic (exact) mass is 243 g/mol. The van der Waals surface area contributed by atoms with E-state index < -0.39 is 0 Å². The predicted molar refractivity (Wildman–Crippen MR) is 66.9 cm³/mol. The first kappa shape index (κ1) is 10.9. The zero-order chi connectivity index (χ0) is 12.5. The third-order valence-corrected chi connectivity index (χ3v) is 3.00. The Balaban J connectivity index is 2.03. The molecule has 0 fully saturated rings. The summed E-state index contributed by atoms with van der Waals surface area (Å²) in [6.07, 6.45) is 1.50. The Bertz CT molecular complexity index is 562. The minimum absolute atomic E-state index is 0.0162. The van der Waals surface area contributed by atoms with Crippen molar-refractivity contribution in [2.75, 3.05) is 11.5 Å². The van der Waals surface area contributed by atoms with Gasteiger partial charge in [0.25, 0.3) is 5.91 Å². The molecule has 0 spiro atoms. The van der Waals surface area contributed by atoms with Gasteiger partial charge in [0.2, 0.25) is 0 Å². The van der Waals surface area contributed by atoms with Gasteiger partial charge in [-0.2, -0.15) is 0 Å². The molecule has 1 aliphatic rings. The summed E-state index contributed by atoms with van der Waals surface area (Å²) in [6.45, 7) is 2.44. The highest BCUT2D eigenvalue weighted by Gasteiger charge is 2.31. The fourth-order valence-corrected chi connectivity index (χ4v) is 2.13. The molecule has 92 valence electrons. The lowest BCUT2D eigenvalue weighted by molar-refractivity contribution is 0.0934. The van der Waals surface area contributed by atoms with Crippen LogP contribution in [0.4, 0.5) is 5.69 Å². The van der Waals surface area contributed by atoms with E-state index in [-0.39, 0.29) is 11.9 Å². The van der Waals surface area contributed by atoms with Crippen LogP contribution < -0.4 is 9.64 Å². The van der Waals surface area contributed by atoms with Crippen LogP contribution in [0, 0.1) is 0 Å². The lowest BCUT2D eigenvalue weighted by Crippen LogP contribution is -2.45. The highest BCUT2D eigenvalue weighted by atomic mass is 16.5. The predicted octanol–water partition coefficient (Wildman–Crippen LogP) is 2.71. The molecule has 1 aromatic carbocycles. The maximum absolute atomic E-state index is 12.4. The second kappa shape index (κ2) is 4.22. The van der Waals surface area contributed by atoms with E-state index in [0.717, 1.165) is 11.4 Å². The van der Waals surface area contributed by atoms with Gasteiger partial charge in [-0.05, 0) is 31.2 Å². The van der Waals surface area contributed by atoms with Crippen molar-refractivity contribution in [1.82, 2.24) is 0 Å². The van der Waals surface area contributed by atoms with Crippen LogP contribution in [0.1, 0.15) is 17.5 Å². The number of benzene rings is 1. The molecule has 0 saturated heterocycles. The van der Waals surface area contributed by atoms with E-state index in [9.17, 15) is 4.79 Å². The van der Waals surface area contributed by atoms with Gasteiger partial charge in [-0.1, -0.05) is 12.1 Å². The fourth-order valence-electron chi connectivity index (χ4n) is 2.13. The number of hydrogen-bond acceptors (Lipinski definition) is 3. The van der Waals surface area contributed by atoms with Crippen LogP contribution in [0.25, 0.3) is 0 Å². The number of rotatable bonds is 1. The van der Waals surface area contributed by atoms with Crippen molar-refractivity contribution in [2.24, 2.45) is 0 Å². The zero-order valence-electron chi connectivity index (χ0n) is 10.00. The maximum Gasteiger partial charge on any atom is 0.294 e. The molecule has 0 saturated carbocycles. The van der Waals surface area contributed by atoms with Crippen molar-refractivity contribution in [3.63, 3.8) is 0 Å². The van der Waals surface area contributed by atoms with Gasteiger partial charge in [0, 0.05) is 0 Å². The summed E-state index contributed by atoms with van der Waals surface area (Å²) in [5.41, 5.74) is 0.789. The lowest BCUT2D eigenvalue weighted by Gasteiger charge is -2.34. The second-order valence-corrected chi connectivity index (χ2v) is 4.28. The number of anilines is 1. The highest BCUT2D eigenvalue weighted by Crippen LogP contribution is 2.34. The van der Waals surface area contributed by atoms with Gasteiger partial charge in [0.05, 0.1) is 18.0 Å². The summed E-state index contributed by atoms with van der Waals surface area (Å²) >= 11 is 0. The number of para-hydroxylation sites is 2. The number of carbonyl (C=O) groups excluding carboxylic acids is 1. The Hall–Kier alpha value is -2.23. The largest absolute Gasteiger partial charge is 0.489 e. The SMILES string of the molecule is CC1COc2ccccc2N1C(=O)c1ccco1. The van der Waals surface area contributed by atoms with E-state index >= 15 is 0 Å². The quantitative estimate of drug-likeness (QED) is 0.773. The van der Waals surface area contributed by atoms with Crippen molar-refractivity contribution < 1.29 is 13.9 Å². The summed E-state index contributed by atoms with van der Waals surface area (Å²) in [6, 6.07) is 10.9. The topological polar surface area (TPSA) is 42.7 Å². The van der Waals surface area contributed by atoms with E-state index in [1.54, 1.807) is 17.0 Å². The average Bonchev–Trinajstić information content (AvgIpc) is 2.92. The van der Waals surface area contributed by atoms with E-state index in [2.05, 4.69) is 0 Å². The van der Waals surface area contributed by atoms with Gasteiger partial charge in [-0.25, -0.2) is 0 Å². The number of furan rings is 1. The average molecular weight is 243 g/mol. The van der Waals surface area contributed by atoms with Crippen LogP contribution >= 0.6 is 0 Å². The molecule has 18 heavy (non-hydrogen) atoms. The van der Waals surface area contributed by atoms with E-state index in [4.69, 9.17) is 9.15 Å². The molecule has 1 amide bonds. The van der Waals surface area contributed by atoms with Crippen molar-refractivity contribution >= 4 is 11.6 Å². The molecule has 2 aromatic rings. The Morgan fingerprint density at radius 3 is 2.89 bits per heavy atom. The Morgan fingerprint density at radius 1 is 1.28 bits per heavy atom. The molecule has 0 bridgehead atoms. The molecule has 0 aliphatic carbocycles. The Morgan fingerprint density at radius 2 is 2.11 bits per heavy atom. The fraction of sp³-hybridized carbons (Fsp3) is 0.214. The van der Waals surface area contributed by atoms with Crippen molar-refractivity contribution in [3.05, 3.63) is 48.4 Å². The number of hydrogen-bond donors (Lipinski definition) is 0. The summed E-state index contributed by atoms with van der Waals surface area (Å²) < 4.78 is 10.8. The van der Waals surface area contributed by atoms with Gasteiger partial charge in [-0.15, -0.1) is 0 Å². The lowest BCUT2D eigenvalue weighted by atomic mass is 10.1. The number of ether oxygens (including phenoxy) is 1. The smallest absolute Gasteiger partial charge is 0.294 e. The molecule has 2 heterocycles. The molecular weight excluding hydrogens is 230 g/mol. The van der Waals surface area contributed by atoms with Gasteiger partial charge in [0.15, 0.2) is 5.76 Å². The van der Waals surface area contributed by atoms with E-state index in [1.165, 1.54) is 6.26 Å². The summed E-state index contributed by atoms with van der Waals surface area (Å²) in [4.78, 5) is 14.1. The number of fused-ring (bicyclic) bond motifs is 1. The maximum atomic E-state index is 12.4. The standard InChI is InChI=1S/C14H13NO3/c1-10-9-18-12-6-3-2-5-11(12)15(10)14(16)13-7-4-8-17-13/h2-8,10H,9H2,1H3. The zero-order valence-corrected chi connectivity index (χ0v) is 10.00. The minimum atomic E-state index is -0.136. The minimum Gasteiger partial charge on any atom is -0.489 e. The van der Waals surface area contributed by atoms with Crippen LogP contribution in [0.2, 0.25) is 0 Å². The first-order valence-electron chi connectivity index (χ1n) is 5.86. The number of carbonyl (C=O) groups is 1. The molecule has 4 heteroatoms. The normalized spacial score (nSPS) is 18.1. The third kappa shape index (κ3) is 1.66. The molecule has 0 N–H and O–H groups in total. The van der Waals surface area contributed by atoms with Crippen LogP contribution in [-0.4, -0.2) is 18.6 Å². The Labute approximate surface area is 105 Å². The summed E-state index contributed by atoms with van der Waals surface area (Å²) in [7, 11) is 0. The van der Waals surface area contributed by atoms with Crippen molar-refractivity contribution in [1.29, 1.82) is 0 Å². The molecule has 1 atom stereocenters. The first-order chi connectivity index (χ1) is 8.77. The highest BCUT2D eigenvalue weighted by molar-refractivity contribution is 6.05. The van der Waals surface area contributed by atoms with Gasteiger partial charge in [0.1, 0.15) is 12.4 Å². The number of amides is 1. The van der Waals surface area contributed by atoms with Crippen LogP contribution in [0.15, 0.2) is 47.1 Å². The third-order valence-electron chi connectivity index (χ3n) is 3.00. The molecular formula is C14H13NO3. The molecule has 1 aliphatic heterocycles. The summed E-state index contributed by atoms with van der Waals surface area (Å²) in [5, 5.41) is 0. The van der Waals surface area contributed by atoms with Crippen molar-refractivity contribution in [2.45, 2.75) is 13.0 Å². The first-order valence-corrected chi connectivity index (χ1v) is 5.86.